The first kappa shape index (κ1) is 19.5. The molecular formula is C28H20N2O2. The molecule has 1 amide bonds. The quantitative estimate of drug-likeness (QED) is 0.622. The summed E-state index contributed by atoms with van der Waals surface area (Å²) in [5.41, 5.74) is 11.2. The lowest BCUT2D eigenvalue weighted by Gasteiger charge is -2.23. The van der Waals surface area contributed by atoms with Crippen LogP contribution in [0.3, 0.4) is 0 Å². The second-order valence-corrected chi connectivity index (χ2v) is 7.56. The van der Waals surface area contributed by atoms with E-state index in [2.05, 4.69) is 0 Å². The van der Waals surface area contributed by atoms with Crippen LogP contribution in [0.2, 0.25) is 0 Å². The van der Waals surface area contributed by atoms with Crippen LogP contribution < -0.4 is 5.73 Å². The number of rotatable bonds is 4. The normalized spacial score (nSPS) is 16.7. The van der Waals surface area contributed by atoms with Crippen molar-refractivity contribution in [2.45, 2.75) is 0 Å². The van der Waals surface area contributed by atoms with Gasteiger partial charge in [0.1, 0.15) is 0 Å². The molecule has 2 aliphatic rings. The lowest BCUT2D eigenvalue weighted by Crippen LogP contribution is -2.19. The van der Waals surface area contributed by atoms with Gasteiger partial charge in [-0.2, -0.15) is 0 Å². The molecule has 5 rings (SSSR count). The van der Waals surface area contributed by atoms with Gasteiger partial charge in [-0.25, -0.2) is 0 Å². The molecule has 0 aromatic heterocycles. The van der Waals surface area contributed by atoms with Gasteiger partial charge in [-0.15, -0.1) is 0 Å². The summed E-state index contributed by atoms with van der Waals surface area (Å²) in [6.45, 7) is 0. The van der Waals surface area contributed by atoms with Crippen molar-refractivity contribution in [3.05, 3.63) is 137 Å². The Morgan fingerprint density at radius 3 is 1.91 bits per heavy atom. The lowest BCUT2D eigenvalue weighted by atomic mass is 9.95. The van der Waals surface area contributed by atoms with E-state index in [9.17, 15) is 9.59 Å². The summed E-state index contributed by atoms with van der Waals surface area (Å²) in [7, 11) is 0. The molecule has 0 atom stereocenters. The number of nitrogens with two attached hydrogens (primary N) is 1. The third-order valence-electron chi connectivity index (χ3n) is 5.60. The van der Waals surface area contributed by atoms with E-state index in [0.29, 0.717) is 22.4 Å². The van der Waals surface area contributed by atoms with Gasteiger partial charge < -0.3 is 10.6 Å². The molecule has 4 heteroatoms. The fourth-order valence-corrected chi connectivity index (χ4v) is 4.19. The van der Waals surface area contributed by atoms with Crippen LogP contribution in [-0.2, 0) is 9.59 Å². The van der Waals surface area contributed by atoms with Crippen LogP contribution in [-0.4, -0.2) is 16.6 Å². The number of hydrogen-bond donors (Lipinski definition) is 1. The second-order valence-electron chi connectivity index (χ2n) is 7.56. The molecule has 0 aliphatic carbocycles. The Morgan fingerprint density at radius 2 is 1.31 bits per heavy atom. The summed E-state index contributed by atoms with van der Waals surface area (Å²) in [6.07, 6.45) is 5.43. The van der Waals surface area contributed by atoms with Crippen molar-refractivity contribution < 1.29 is 9.59 Å². The molecule has 32 heavy (non-hydrogen) atoms. The summed E-state index contributed by atoms with van der Waals surface area (Å²) >= 11 is 0. The first-order valence-corrected chi connectivity index (χ1v) is 10.3. The molecule has 0 saturated carbocycles. The molecule has 0 unspecified atom stereocenters. The zero-order valence-electron chi connectivity index (χ0n) is 17.2. The predicted octanol–water partition coefficient (Wildman–Crippen LogP) is 4.79. The molecule has 0 saturated heterocycles. The van der Waals surface area contributed by atoms with Crippen LogP contribution >= 0.6 is 0 Å². The topological polar surface area (TPSA) is 63.4 Å². The van der Waals surface area contributed by atoms with Gasteiger partial charge in [-0.05, 0) is 34.4 Å². The SMILES string of the molecule is NC(=O)C(=C1C=CN2C(=C1)C(=O)C(c1ccccc1)=C2c1ccccc1)c1ccccc1. The van der Waals surface area contributed by atoms with E-state index >= 15 is 0 Å². The van der Waals surface area contributed by atoms with Crippen molar-refractivity contribution in [1.29, 1.82) is 0 Å². The number of hydrogen-bond acceptors (Lipinski definition) is 3. The minimum atomic E-state index is -0.536. The van der Waals surface area contributed by atoms with Crippen molar-refractivity contribution in [2.75, 3.05) is 0 Å². The Kier molecular flexibility index (Phi) is 4.88. The standard InChI is InChI=1S/C28H20N2O2/c29-28(32)24(19-10-4-1-5-11-19)22-16-17-30-23(18-22)27(31)25(20-12-6-2-7-13-20)26(30)21-14-8-3-9-15-21/h1-18H,(H2,29,32). The first-order valence-electron chi connectivity index (χ1n) is 10.3. The Balaban J connectivity index is 1.70. The Labute approximate surface area is 186 Å². The zero-order chi connectivity index (χ0) is 22.1. The van der Waals surface area contributed by atoms with Crippen LogP contribution in [0.4, 0.5) is 0 Å². The van der Waals surface area contributed by atoms with Gasteiger partial charge in [0.25, 0.3) is 0 Å². The van der Waals surface area contributed by atoms with E-state index in [1.54, 1.807) is 6.08 Å². The molecular weight excluding hydrogens is 396 g/mol. The van der Waals surface area contributed by atoms with Gasteiger partial charge in [-0.3, -0.25) is 9.59 Å². The van der Waals surface area contributed by atoms with Gasteiger partial charge >= 0.3 is 0 Å². The lowest BCUT2D eigenvalue weighted by molar-refractivity contribution is -0.113. The maximum absolute atomic E-state index is 13.7. The minimum absolute atomic E-state index is 0.0891. The molecule has 0 spiro atoms. The van der Waals surface area contributed by atoms with Crippen LogP contribution in [0.5, 0.6) is 0 Å². The van der Waals surface area contributed by atoms with Crippen molar-refractivity contribution in [1.82, 2.24) is 4.90 Å². The number of fused-ring (bicyclic) bond motifs is 1. The molecule has 2 N–H and O–H groups in total. The summed E-state index contributed by atoms with van der Waals surface area (Å²) < 4.78 is 0. The fourth-order valence-electron chi connectivity index (χ4n) is 4.19. The maximum atomic E-state index is 13.7. The number of Topliss-reactive ketones (excluding diaryl/α,β-unsaturated/α-hetero) is 1. The molecule has 4 nitrogen and oxygen atoms in total. The summed E-state index contributed by atoms with van der Waals surface area (Å²) in [4.78, 5) is 27.9. The summed E-state index contributed by atoms with van der Waals surface area (Å²) in [5, 5.41) is 0. The predicted molar refractivity (Wildman–Crippen MR) is 126 cm³/mol. The zero-order valence-corrected chi connectivity index (χ0v) is 17.2. The van der Waals surface area contributed by atoms with Crippen molar-refractivity contribution in [3.63, 3.8) is 0 Å². The highest BCUT2D eigenvalue weighted by atomic mass is 16.1. The first-order chi connectivity index (χ1) is 15.6. The number of benzene rings is 3. The average Bonchev–Trinajstić information content (AvgIpc) is 3.13. The molecule has 0 bridgehead atoms. The maximum Gasteiger partial charge on any atom is 0.249 e. The van der Waals surface area contributed by atoms with E-state index in [1.807, 2.05) is 108 Å². The van der Waals surface area contributed by atoms with Crippen LogP contribution in [0.15, 0.2) is 121 Å². The smallest absolute Gasteiger partial charge is 0.249 e. The number of amides is 1. The van der Waals surface area contributed by atoms with Gasteiger partial charge in [0, 0.05) is 6.20 Å². The monoisotopic (exact) mass is 416 g/mol. The van der Waals surface area contributed by atoms with Crippen molar-refractivity contribution in [3.8, 4) is 0 Å². The molecule has 3 aromatic rings. The van der Waals surface area contributed by atoms with E-state index in [1.165, 1.54) is 0 Å². The highest BCUT2D eigenvalue weighted by molar-refractivity contribution is 6.38. The molecule has 154 valence electrons. The van der Waals surface area contributed by atoms with Gasteiger partial charge in [-0.1, -0.05) is 91.0 Å². The van der Waals surface area contributed by atoms with E-state index < -0.39 is 5.91 Å². The van der Waals surface area contributed by atoms with Crippen molar-refractivity contribution in [2.24, 2.45) is 5.73 Å². The summed E-state index contributed by atoms with van der Waals surface area (Å²) in [5.74, 6) is -0.625. The third kappa shape index (κ3) is 3.28. The van der Waals surface area contributed by atoms with E-state index in [-0.39, 0.29) is 5.78 Å². The van der Waals surface area contributed by atoms with E-state index in [4.69, 9.17) is 5.73 Å². The number of carbonyl (C=O) groups is 2. The van der Waals surface area contributed by atoms with Crippen LogP contribution in [0.25, 0.3) is 16.8 Å². The molecule has 2 aliphatic heterocycles. The molecule has 2 heterocycles. The van der Waals surface area contributed by atoms with Crippen LogP contribution in [0.1, 0.15) is 16.7 Å². The fraction of sp³-hybridized carbons (Fsp3) is 0. The highest BCUT2D eigenvalue weighted by Crippen LogP contribution is 2.43. The largest absolute Gasteiger partial charge is 0.366 e. The number of nitrogens with zero attached hydrogens (tertiary/aromatic N) is 1. The summed E-state index contributed by atoms with van der Waals surface area (Å²) in [6, 6.07) is 28.8. The second kappa shape index (κ2) is 8.00. The number of carbonyl (C=O) groups excluding carboxylic acids is 2. The highest BCUT2D eigenvalue weighted by Gasteiger charge is 2.37. The number of primary amides is 1. The number of ketones is 1. The average molecular weight is 416 g/mol. The third-order valence-corrected chi connectivity index (χ3v) is 5.60. The molecule has 0 radical (unpaired) electrons. The Bertz CT molecular complexity index is 1330. The molecule has 0 fully saturated rings. The van der Waals surface area contributed by atoms with Crippen LogP contribution in [0, 0.1) is 0 Å². The Hall–Kier alpha value is -4.44. The Morgan fingerprint density at radius 1 is 0.750 bits per heavy atom. The van der Waals surface area contributed by atoms with Gasteiger partial charge in [0.2, 0.25) is 11.7 Å². The minimum Gasteiger partial charge on any atom is -0.366 e. The van der Waals surface area contributed by atoms with Crippen molar-refractivity contribution >= 4 is 28.5 Å². The molecule has 3 aromatic carbocycles. The van der Waals surface area contributed by atoms with Gasteiger partial charge in [0.15, 0.2) is 0 Å². The van der Waals surface area contributed by atoms with E-state index in [0.717, 1.165) is 22.4 Å². The number of allylic oxidation sites excluding steroid dienone is 4. The van der Waals surface area contributed by atoms with Gasteiger partial charge in [0.05, 0.1) is 22.5 Å².